The van der Waals surface area contributed by atoms with Crippen molar-refractivity contribution in [1.29, 1.82) is 0 Å². The van der Waals surface area contributed by atoms with Crippen LogP contribution >= 0.6 is 7.52 Å². The highest BCUT2D eigenvalue weighted by Gasteiger charge is 2.31. The number of alkyl carbamates (subject to hydrolysis) is 1. The second-order valence-electron chi connectivity index (χ2n) is 7.60. The second-order valence-corrected chi connectivity index (χ2v) is 9.58. The van der Waals surface area contributed by atoms with Gasteiger partial charge in [-0.1, -0.05) is 57.5 Å². The molecule has 0 aliphatic rings. The molecule has 0 bridgehead atoms. The van der Waals surface area contributed by atoms with Gasteiger partial charge in [0, 0.05) is 0 Å². The molecule has 0 aromatic heterocycles. The molecule has 11 heteroatoms. The number of hydrogen-bond acceptors (Lipinski definition) is 5. The summed E-state index contributed by atoms with van der Waals surface area (Å²) in [6.45, 7) is 5.44. The molecule has 0 fully saturated rings. The fraction of sp³-hybridized carbons (Fsp3) is 0.550. The fourth-order valence-corrected chi connectivity index (χ4v) is 3.89. The zero-order chi connectivity index (χ0) is 23.4. The molecule has 0 saturated heterocycles. The predicted octanol–water partition coefficient (Wildman–Crippen LogP) is 2.43. The third kappa shape index (κ3) is 11.0. The van der Waals surface area contributed by atoms with Crippen molar-refractivity contribution in [3.63, 3.8) is 0 Å². The number of carbonyl (C=O) groups is 3. The molecule has 0 radical (unpaired) electrons. The van der Waals surface area contributed by atoms with Crippen molar-refractivity contribution >= 4 is 25.5 Å². The molecular weight excluding hydrogens is 425 g/mol. The number of benzene rings is 1. The van der Waals surface area contributed by atoms with E-state index in [0.717, 1.165) is 5.56 Å². The van der Waals surface area contributed by atoms with Gasteiger partial charge in [0.15, 0.2) is 0 Å². The van der Waals surface area contributed by atoms with E-state index in [4.69, 9.17) is 4.74 Å². The van der Waals surface area contributed by atoms with Gasteiger partial charge in [-0.15, -0.1) is 0 Å². The summed E-state index contributed by atoms with van der Waals surface area (Å²) in [5, 5.41) is 16.2. The van der Waals surface area contributed by atoms with E-state index < -0.39 is 43.9 Å². The number of carbonyl (C=O) groups excluding carboxylic acids is 2. The summed E-state index contributed by atoms with van der Waals surface area (Å²) in [6.07, 6.45) is -0.542. The number of carboxylic acids is 1. The van der Waals surface area contributed by atoms with Crippen molar-refractivity contribution in [2.75, 3.05) is 6.29 Å². The molecule has 2 amide bonds. The van der Waals surface area contributed by atoms with Gasteiger partial charge in [-0.2, -0.15) is 0 Å². The van der Waals surface area contributed by atoms with Gasteiger partial charge in [0.2, 0.25) is 5.91 Å². The van der Waals surface area contributed by atoms with Gasteiger partial charge in [0.1, 0.15) is 18.9 Å². The number of nitrogens with one attached hydrogen (secondary N) is 3. The van der Waals surface area contributed by atoms with Crippen molar-refractivity contribution in [3.05, 3.63) is 35.9 Å². The van der Waals surface area contributed by atoms with Crippen LogP contribution in [-0.4, -0.2) is 46.3 Å². The van der Waals surface area contributed by atoms with Crippen LogP contribution in [0, 0.1) is 5.92 Å². The van der Waals surface area contributed by atoms with Crippen molar-refractivity contribution in [3.8, 4) is 0 Å². The van der Waals surface area contributed by atoms with Crippen molar-refractivity contribution in [2.45, 2.75) is 58.7 Å². The third-order valence-corrected chi connectivity index (χ3v) is 5.53. The lowest BCUT2D eigenvalue weighted by Gasteiger charge is -2.25. The number of carboxylic acid groups (broad SMARTS) is 1. The van der Waals surface area contributed by atoms with E-state index in [1.807, 2.05) is 19.9 Å². The molecule has 1 aromatic carbocycles. The number of rotatable bonds is 13. The highest BCUT2D eigenvalue weighted by molar-refractivity contribution is 7.55. The van der Waals surface area contributed by atoms with Crippen LogP contribution in [0.1, 0.15) is 45.6 Å². The Bertz CT molecular complexity index is 773. The van der Waals surface area contributed by atoms with E-state index in [0.29, 0.717) is 6.42 Å². The maximum Gasteiger partial charge on any atom is 0.407 e. The van der Waals surface area contributed by atoms with Gasteiger partial charge >= 0.3 is 12.1 Å². The standard InChI is InChI=1S/C20H32N3O7P/c1-4-8-16(19(25)26)22-18(24)17(11-14(2)3)23-31(28,29)13-21-20(27)30-12-15-9-6-5-7-10-15/h5-7,9-10,14,16-17H,4,8,11-13H2,1-3H3,(H,21,27)(H,22,24)(H,25,26)(H2,23,28,29)/t16-,17-/m0/s1. The minimum absolute atomic E-state index is 0.00220. The normalized spacial score (nSPS) is 14.9. The first-order valence-corrected chi connectivity index (χ1v) is 12.0. The van der Waals surface area contributed by atoms with Gasteiger partial charge in [-0.25, -0.2) is 14.7 Å². The number of aliphatic carboxylic acids is 1. The Hall–Kier alpha value is -2.42. The lowest BCUT2D eigenvalue weighted by Crippen LogP contribution is -2.50. The van der Waals surface area contributed by atoms with Gasteiger partial charge in [-0.3, -0.25) is 9.36 Å². The number of ether oxygens (including phenoxy) is 1. The Morgan fingerprint density at radius 3 is 2.32 bits per heavy atom. The molecule has 1 rings (SSSR count). The summed E-state index contributed by atoms with van der Waals surface area (Å²) < 4.78 is 17.5. The van der Waals surface area contributed by atoms with Gasteiger partial charge in [0.05, 0.1) is 6.04 Å². The van der Waals surface area contributed by atoms with E-state index in [9.17, 15) is 28.9 Å². The minimum atomic E-state index is -4.16. The number of hydrogen-bond donors (Lipinski definition) is 5. The SMILES string of the molecule is CCC[C@H](NC(=O)[C@H](CC(C)C)NP(=O)(O)CNC(=O)OCc1ccccc1)C(=O)O. The van der Waals surface area contributed by atoms with Crippen LogP contribution in [-0.2, 0) is 25.5 Å². The van der Waals surface area contributed by atoms with Crippen LogP contribution in [0.3, 0.4) is 0 Å². The molecule has 5 N–H and O–H groups in total. The second kappa shape index (κ2) is 13.1. The maximum atomic E-state index is 12.6. The Morgan fingerprint density at radius 2 is 1.77 bits per heavy atom. The van der Waals surface area contributed by atoms with Crippen LogP contribution in [0.2, 0.25) is 0 Å². The summed E-state index contributed by atoms with van der Waals surface area (Å²) in [5.41, 5.74) is 0.761. The molecule has 174 valence electrons. The fourth-order valence-electron chi connectivity index (χ4n) is 2.74. The average molecular weight is 457 g/mol. The maximum absolute atomic E-state index is 12.6. The van der Waals surface area contributed by atoms with Gasteiger partial charge < -0.3 is 25.4 Å². The molecule has 3 atom stereocenters. The summed E-state index contributed by atoms with van der Waals surface area (Å²) in [5.74, 6) is -1.87. The van der Waals surface area contributed by atoms with Gasteiger partial charge in [-0.05, 0) is 24.3 Å². The van der Waals surface area contributed by atoms with E-state index >= 15 is 0 Å². The largest absolute Gasteiger partial charge is 0.480 e. The molecule has 0 aliphatic carbocycles. The van der Waals surface area contributed by atoms with E-state index in [1.54, 1.807) is 31.2 Å². The molecule has 10 nitrogen and oxygen atoms in total. The van der Waals surface area contributed by atoms with Crippen LogP contribution in [0.5, 0.6) is 0 Å². The van der Waals surface area contributed by atoms with Crippen LogP contribution in [0.25, 0.3) is 0 Å². The zero-order valence-corrected chi connectivity index (χ0v) is 18.9. The lowest BCUT2D eigenvalue weighted by molar-refractivity contribution is -0.142. The monoisotopic (exact) mass is 457 g/mol. The summed E-state index contributed by atoms with van der Waals surface area (Å²) in [7, 11) is -4.16. The third-order valence-electron chi connectivity index (χ3n) is 4.22. The predicted molar refractivity (Wildman–Crippen MR) is 115 cm³/mol. The molecule has 0 aliphatic heterocycles. The molecule has 0 spiro atoms. The Labute approximate surface area is 182 Å². The smallest absolute Gasteiger partial charge is 0.407 e. The molecule has 0 heterocycles. The highest BCUT2D eigenvalue weighted by Crippen LogP contribution is 2.35. The van der Waals surface area contributed by atoms with E-state index in [-0.39, 0.29) is 25.4 Å². The van der Waals surface area contributed by atoms with Crippen molar-refractivity contribution < 1.29 is 33.7 Å². The summed E-state index contributed by atoms with van der Waals surface area (Å²) in [6, 6.07) is 6.75. The lowest BCUT2D eigenvalue weighted by atomic mass is 10.0. The first-order valence-electron chi connectivity index (χ1n) is 10.1. The molecule has 31 heavy (non-hydrogen) atoms. The molecule has 1 unspecified atom stereocenters. The molecule has 1 aromatic rings. The zero-order valence-electron chi connectivity index (χ0n) is 18.0. The average Bonchev–Trinajstić information content (AvgIpc) is 2.70. The number of amides is 2. The Kier molecular flexibility index (Phi) is 11.2. The van der Waals surface area contributed by atoms with Crippen molar-refractivity contribution in [2.24, 2.45) is 5.92 Å². The van der Waals surface area contributed by atoms with Gasteiger partial charge in [0.25, 0.3) is 7.52 Å². The Balaban J connectivity index is 2.65. The minimum Gasteiger partial charge on any atom is -0.480 e. The Morgan fingerprint density at radius 1 is 1.13 bits per heavy atom. The van der Waals surface area contributed by atoms with E-state index in [2.05, 4.69) is 15.7 Å². The first-order chi connectivity index (χ1) is 14.5. The van der Waals surface area contributed by atoms with Crippen LogP contribution < -0.4 is 15.7 Å². The summed E-state index contributed by atoms with van der Waals surface area (Å²) in [4.78, 5) is 45.9. The molecular formula is C20H32N3O7P. The quantitative estimate of drug-likeness (QED) is 0.283. The highest BCUT2D eigenvalue weighted by atomic mass is 31.2. The first kappa shape index (κ1) is 26.6. The van der Waals surface area contributed by atoms with Crippen LogP contribution in [0.4, 0.5) is 4.79 Å². The van der Waals surface area contributed by atoms with Crippen LogP contribution in [0.15, 0.2) is 30.3 Å². The van der Waals surface area contributed by atoms with E-state index in [1.165, 1.54) is 0 Å². The summed E-state index contributed by atoms with van der Waals surface area (Å²) >= 11 is 0. The molecule has 0 saturated carbocycles. The van der Waals surface area contributed by atoms with Crippen molar-refractivity contribution in [1.82, 2.24) is 15.7 Å². The topological polar surface area (TPSA) is 154 Å².